The van der Waals surface area contributed by atoms with Crippen molar-refractivity contribution < 1.29 is 23.6 Å². The summed E-state index contributed by atoms with van der Waals surface area (Å²) >= 11 is 0. The molecule has 2 N–H and O–H groups in total. The zero-order chi connectivity index (χ0) is 17.8. The summed E-state index contributed by atoms with van der Waals surface area (Å²) in [5, 5.41) is 0. The van der Waals surface area contributed by atoms with Crippen molar-refractivity contribution in [3.8, 4) is 5.75 Å². The molecule has 0 amide bonds. The largest absolute Gasteiger partial charge is 0.491 e. The fourth-order valence-corrected chi connectivity index (χ4v) is 3.05. The van der Waals surface area contributed by atoms with Gasteiger partial charge in [0.25, 0.3) is 0 Å². The van der Waals surface area contributed by atoms with E-state index in [1.165, 1.54) is 50.5 Å². The van der Waals surface area contributed by atoms with Crippen molar-refractivity contribution in [3.05, 3.63) is 29.8 Å². The lowest BCUT2D eigenvalue weighted by atomic mass is 10.0. The molecule has 0 spiro atoms. The second kappa shape index (κ2) is 11.6. The van der Waals surface area contributed by atoms with E-state index in [1.807, 2.05) is 24.3 Å². The average Bonchev–Trinajstić information content (AvgIpc) is 2.51. The molecule has 1 aromatic carbocycles. The van der Waals surface area contributed by atoms with Crippen LogP contribution in [0.15, 0.2) is 24.3 Å². The van der Waals surface area contributed by atoms with Gasteiger partial charge in [0, 0.05) is 0 Å². The summed E-state index contributed by atoms with van der Waals surface area (Å²) in [6.45, 7) is 3.90. The van der Waals surface area contributed by atoms with Crippen molar-refractivity contribution in [1.29, 1.82) is 0 Å². The SMILES string of the molecule is CCCCCCCCCc1ccc(OCC(C)OP(=O)(O)O)cc1. The summed E-state index contributed by atoms with van der Waals surface area (Å²) in [7, 11) is -4.46. The normalized spacial score (nSPS) is 13.0. The van der Waals surface area contributed by atoms with Gasteiger partial charge in [-0.15, -0.1) is 0 Å². The van der Waals surface area contributed by atoms with Crippen molar-refractivity contribution in [2.75, 3.05) is 6.61 Å². The molecule has 0 saturated carbocycles. The van der Waals surface area contributed by atoms with E-state index in [1.54, 1.807) is 6.92 Å². The number of ether oxygens (including phenoxy) is 1. The first kappa shape index (κ1) is 21.2. The number of unbranched alkanes of at least 4 members (excludes halogenated alkanes) is 6. The lowest BCUT2D eigenvalue weighted by molar-refractivity contribution is 0.101. The van der Waals surface area contributed by atoms with E-state index in [0.29, 0.717) is 5.75 Å². The van der Waals surface area contributed by atoms with Gasteiger partial charge in [0.2, 0.25) is 0 Å². The van der Waals surface area contributed by atoms with Gasteiger partial charge in [0.15, 0.2) is 0 Å². The van der Waals surface area contributed by atoms with E-state index in [0.717, 1.165) is 6.42 Å². The van der Waals surface area contributed by atoms with Gasteiger partial charge in [0.05, 0.1) is 0 Å². The maximum Gasteiger partial charge on any atom is 0.469 e. The standard InChI is InChI=1S/C18H31O5P/c1-3-4-5-6-7-8-9-10-17-11-13-18(14-12-17)22-15-16(2)23-24(19,20)21/h11-14,16H,3-10,15H2,1-2H3,(H2,19,20,21). The zero-order valence-electron chi connectivity index (χ0n) is 14.8. The van der Waals surface area contributed by atoms with Gasteiger partial charge in [-0.25, -0.2) is 4.57 Å². The smallest absolute Gasteiger partial charge is 0.469 e. The second-order valence-electron chi connectivity index (χ2n) is 6.23. The van der Waals surface area contributed by atoms with Crippen LogP contribution in [0.2, 0.25) is 0 Å². The predicted molar refractivity (Wildman–Crippen MR) is 96.2 cm³/mol. The molecule has 5 nitrogen and oxygen atoms in total. The molecule has 0 saturated heterocycles. The highest BCUT2D eigenvalue weighted by Gasteiger charge is 2.19. The summed E-state index contributed by atoms with van der Waals surface area (Å²) in [5.41, 5.74) is 1.29. The van der Waals surface area contributed by atoms with E-state index in [9.17, 15) is 4.57 Å². The summed E-state index contributed by atoms with van der Waals surface area (Å²) in [6, 6.07) is 7.86. The van der Waals surface area contributed by atoms with E-state index < -0.39 is 13.9 Å². The van der Waals surface area contributed by atoms with Gasteiger partial charge in [-0.3, -0.25) is 4.52 Å². The molecule has 138 valence electrons. The number of hydrogen-bond donors (Lipinski definition) is 2. The first-order valence-corrected chi connectivity index (χ1v) is 10.4. The fourth-order valence-electron chi connectivity index (χ4n) is 2.52. The van der Waals surface area contributed by atoms with Crippen molar-refractivity contribution in [3.63, 3.8) is 0 Å². The minimum atomic E-state index is -4.46. The maximum absolute atomic E-state index is 10.7. The van der Waals surface area contributed by atoms with Crippen molar-refractivity contribution >= 4 is 7.82 Å². The summed E-state index contributed by atoms with van der Waals surface area (Å²) < 4.78 is 20.7. The molecule has 0 fully saturated rings. The van der Waals surface area contributed by atoms with Crippen LogP contribution < -0.4 is 4.74 Å². The fraction of sp³-hybridized carbons (Fsp3) is 0.667. The molecule has 1 atom stereocenters. The predicted octanol–water partition coefficient (Wildman–Crippen LogP) is 4.86. The molecule has 0 aliphatic rings. The highest BCUT2D eigenvalue weighted by atomic mass is 31.2. The van der Waals surface area contributed by atoms with E-state index in [2.05, 4.69) is 11.4 Å². The van der Waals surface area contributed by atoms with Crippen molar-refractivity contribution in [2.45, 2.75) is 71.3 Å². The number of benzene rings is 1. The molecule has 0 aliphatic carbocycles. The summed E-state index contributed by atoms with van der Waals surface area (Å²) in [6.07, 6.45) is 9.54. The quantitative estimate of drug-likeness (QED) is 0.389. The number of aryl methyl sites for hydroxylation is 1. The average molecular weight is 358 g/mol. The summed E-state index contributed by atoms with van der Waals surface area (Å²) in [4.78, 5) is 17.4. The van der Waals surface area contributed by atoms with Gasteiger partial charge in [-0.2, -0.15) is 0 Å². The first-order chi connectivity index (χ1) is 11.4. The molecule has 0 radical (unpaired) electrons. The van der Waals surface area contributed by atoms with E-state index in [-0.39, 0.29) is 6.61 Å². The second-order valence-corrected chi connectivity index (χ2v) is 7.42. The Morgan fingerprint density at radius 1 is 1.00 bits per heavy atom. The van der Waals surface area contributed by atoms with Crippen LogP contribution in [0.1, 0.15) is 64.4 Å². The van der Waals surface area contributed by atoms with Crippen molar-refractivity contribution in [1.82, 2.24) is 0 Å². The number of phosphoric acid groups is 1. The van der Waals surface area contributed by atoms with Crippen LogP contribution in [0.5, 0.6) is 5.75 Å². The molecular formula is C18H31O5P. The first-order valence-electron chi connectivity index (χ1n) is 8.86. The van der Waals surface area contributed by atoms with E-state index in [4.69, 9.17) is 14.5 Å². The molecule has 1 unspecified atom stereocenters. The van der Waals surface area contributed by atoms with E-state index >= 15 is 0 Å². The Bertz CT molecular complexity index is 483. The van der Waals surface area contributed by atoms with Crippen molar-refractivity contribution in [2.24, 2.45) is 0 Å². The highest BCUT2D eigenvalue weighted by molar-refractivity contribution is 7.46. The van der Waals surface area contributed by atoms with Crippen LogP contribution in [0, 0.1) is 0 Å². The number of phosphoric ester groups is 1. The molecule has 0 heterocycles. The molecule has 0 bridgehead atoms. The van der Waals surface area contributed by atoms with Gasteiger partial charge in [-0.05, 0) is 37.5 Å². The lowest BCUT2D eigenvalue weighted by Crippen LogP contribution is -2.16. The van der Waals surface area contributed by atoms with Gasteiger partial charge in [0.1, 0.15) is 18.5 Å². The third-order valence-corrected chi connectivity index (χ3v) is 4.43. The molecule has 1 rings (SSSR count). The van der Waals surface area contributed by atoms with Crippen LogP contribution in [0.3, 0.4) is 0 Å². The maximum atomic E-state index is 10.7. The van der Waals surface area contributed by atoms with Gasteiger partial charge in [-0.1, -0.05) is 57.6 Å². The third-order valence-electron chi connectivity index (χ3n) is 3.79. The van der Waals surface area contributed by atoms with Crippen LogP contribution in [-0.4, -0.2) is 22.5 Å². The van der Waals surface area contributed by atoms with Crippen LogP contribution in [0.4, 0.5) is 0 Å². The molecule has 0 aromatic heterocycles. The Kier molecular flexibility index (Phi) is 10.3. The van der Waals surface area contributed by atoms with Crippen LogP contribution in [-0.2, 0) is 15.5 Å². The Morgan fingerprint density at radius 2 is 1.58 bits per heavy atom. The molecule has 0 aliphatic heterocycles. The van der Waals surface area contributed by atoms with Gasteiger partial charge >= 0.3 is 7.82 Å². The zero-order valence-corrected chi connectivity index (χ0v) is 15.7. The molecule has 1 aromatic rings. The highest BCUT2D eigenvalue weighted by Crippen LogP contribution is 2.37. The lowest BCUT2D eigenvalue weighted by Gasteiger charge is -2.14. The number of rotatable bonds is 13. The van der Waals surface area contributed by atoms with Crippen LogP contribution in [0.25, 0.3) is 0 Å². The third kappa shape index (κ3) is 10.8. The van der Waals surface area contributed by atoms with Crippen LogP contribution >= 0.6 is 7.82 Å². The Balaban J connectivity index is 2.20. The molecule has 6 heteroatoms. The molecular weight excluding hydrogens is 327 g/mol. The Labute approximate surface area is 145 Å². The minimum absolute atomic E-state index is 0.0994. The number of hydrogen-bond acceptors (Lipinski definition) is 3. The van der Waals surface area contributed by atoms with Gasteiger partial charge < -0.3 is 14.5 Å². The summed E-state index contributed by atoms with van der Waals surface area (Å²) in [5.74, 6) is 0.680. The Morgan fingerprint density at radius 3 is 2.17 bits per heavy atom. The topological polar surface area (TPSA) is 76.0 Å². The molecule has 24 heavy (non-hydrogen) atoms. The monoisotopic (exact) mass is 358 g/mol. The minimum Gasteiger partial charge on any atom is -0.491 e. The Hall–Kier alpha value is -0.870.